The standard InChI is InChI=1S/C15H20N2O2S/c1-9(2)11-6-10(8-20-11)14(18)16-13-7-12(19-17-13)15(3,4)5/h6-9H,1-5H3,(H,16,17,18). The Labute approximate surface area is 123 Å². The molecular formula is C15H20N2O2S. The second-order valence-electron chi connectivity index (χ2n) is 6.17. The molecule has 0 bridgehead atoms. The van der Waals surface area contributed by atoms with E-state index in [9.17, 15) is 4.79 Å². The zero-order valence-corrected chi connectivity index (χ0v) is 13.3. The summed E-state index contributed by atoms with van der Waals surface area (Å²) < 4.78 is 5.25. The van der Waals surface area contributed by atoms with Gasteiger partial charge in [-0.2, -0.15) is 0 Å². The van der Waals surface area contributed by atoms with Gasteiger partial charge >= 0.3 is 0 Å². The summed E-state index contributed by atoms with van der Waals surface area (Å²) in [5, 5.41) is 8.52. The minimum absolute atomic E-state index is 0.122. The molecule has 0 aliphatic carbocycles. The largest absolute Gasteiger partial charge is 0.359 e. The molecule has 1 amide bonds. The van der Waals surface area contributed by atoms with Gasteiger partial charge in [0.2, 0.25) is 0 Å². The first-order chi connectivity index (χ1) is 9.27. The minimum Gasteiger partial charge on any atom is -0.359 e. The molecule has 2 heterocycles. The number of aromatic nitrogens is 1. The quantitative estimate of drug-likeness (QED) is 0.911. The lowest BCUT2D eigenvalue weighted by atomic mass is 9.93. The summed E-state index contributed by atoms with van der Waals surface area (Å²) in [7, 11) is 0. The van der Waals surface area contributed by atoms with Crippen molar-refractivity contribution in [1.29, 1.82) is 0 Å². The van der Waals surface area contributed by atoms with Gasteiger partial charge in [0.25, 0.3) is 5.91 Å². The SMILES string of the molecule is CC(C)c1cc(C(=O)Nc2cc(C(C)(C)C)on2)cs1. The van der Waals surface area contributed by atoms with E-state index in [-0.39, 0.29) is 11.3 Å². The molecule has 0 saturated carbocycles. The van der Waals surface area contributed by atoms with E-state index in [2.05, 4.69) is 24.3 Å². The van der Waals surface area contributed by atoms with Crippen LogP contribution in [0.25, 0.3) is 0 Å². The van der Waals surface area contributed by atoms with Crippen molar-refractivity contribution in [2.75, 3.05) is 5.32 Å². The van der Waals surface area contributed by atoms with Crippen LogP contribution < -0.4 is 5.32 Å². The number of hydrogen-bond acceptors (Lipinski definition) is 4. The van der Waals surface area contributed by atoms with Crippen LogP contribution in [0.2, 0.25) is 0 Å². The third-order valence-corrected chi connectivity index (χ3v) is 4.18. The smallest absolute Gasteiger partial charge is 0.257 e. The predicted molar refractivity (Wildman–Crippen MR) is 81.6 cm³/mol. The molecule has 108 valence electrons. The fourth-order valence-electron chi connectivity index (χ4n) is 1.65. The molecule has 4 nitrogen and oxygen atoms in total. The molecule has 0 atom stereocenters. The highest BCUT2D eigenvalue weighted by molar-refractivity contribution is 7.10. The molecule has 1 N–H and O–H groups in total. The fourth-order valence-corrected chi connectivity index (χ4v) is 2.56. The van der Waals surface area contributed by atoms with Gasteiger partial charge in [0.1, 0.15) is 5.76 Å². The molecule has 0 aliphatic rings. The third kappa shape index (κ3) is 3.28. The molecule has 0 spiro atoms. The number of carbonyl (C=O) groups excluding carboxylic acids is 1. The Bertz CT molecular complexity index is 605. The number of anilines is 1. The van der Waals surface area contributed by atoms with Crippen LogP contribution in [0.3, 0.4) is 0 Å². The van der Waals surface area contributed by atoms with E-state index < -0.39 is 0 Å². The van der Waals surface area contributed by atoms with E-state index in [1.54, 1.807) is 17.4 Å². The van der Waals surface area contributed by atoms with Gasteiger partial charge in [0.15, 0.2) is 5.82 Å². The first kappa shape index (κ1) is 14.8. The molecule has 5 heteroatoms. The van der Waals surface area contributed by atoms with Gasteiger partial charge < -0.3 is 9.84 Å². The molecular weight excluding hydrogens is 272 g/mol. The molecule has 2 rings (SSSR count). The maximum atomic E-state index is 12.1. The Kier molecular flexibility index (Phi) is 3.99. The molecule has 0 aliphatic heterocycles. The maximum Gasteiger partial charge on any atom is 0.257 e. The molecule has 2 aromatic heterocycles. The highest BCUT2D eigenvalue weighted by atomic mass is 32.1. The van der Waals surface area contributed by atoms with E-state index in [4.69, 9.17) is 4.52 Å². The zero-order valence-electron chi connectivity index (χ0n) is 12.5. The average Bonchev–Trinajstić information content (AvgIpc) is 2.95. The van der Waals surface area contributed by atoms with Crippen LogP contribution in [0.15, 0.2) is 22.0 Å². The summed E-state index contributed by atoms with van der Waals surface area (Å²) in [6.07, 6.45) is 0. The number of rotatable bonds is 3. The van der Waals surface area contributed by atoms with Crippen LogP contribution in [0.1, 0.15) is 61.5 Å². The van der Waals surface area contributed by atoms with Crippen molar-refractivity contribution in [3.8, 4) is 0 Å². The van der Waals surface area contributed by atoms with Gasteiger partial charge in [-0.1, -0.05) is 39.8 Å². The van der Waals surface area contributed by atoms with E-state index in [1.165, 1.54) is 4.88 Å². The summed E-state index contributed by atoms with van der Waals surface area (Å²) in [6, 6.07) is 3.70. The highest BCUT2D eigenvalue weighted by Gasteiger charge is 2.20. The minimum atomic E-state index is -0.151. The van der Waals surface area contributed by atoms with E-state index in [0.29, 0.717) is 17.3 Å². The van der Waals surface area contributed by atoms with Gasteiger partial charge in [0, 0.05) is 21.7 Å². The second kappa shape index (κ2) is 5.40. The van der Waals surface area contributed by atoms with Crippen LogP contribution >= 0.6 is 11.3 Å². The highest BCUT2D eigenvalue weighted by Crippen LogP contribution is 2.26. The normalized spacial score (nSPS) is 11.9. The lowest BCUT2D eigenvalue weighted by molar-refractivity contribution is 0.102. The fraction of sp³-hybridized carbons (Fsp3) is 0.467. The first-order valence-corrected chi connectivity index (χ1v) is 7.52. The van der Waals surface area contributed by atoms with E-state index >= 15 is 0 Å². The van der Waals surface area contributed by atoms with Crippen LogP contribution in [0.4, 0.5) is 5.82 Å². The maximum absolute atomic E-state index is 12.1. The van der Waals surface area contributed by atoms with Crippen molar-refractivity contribution in [2.45, 2.75) is 46.0 Å². The Morgan fingerprint density at radius 2 is 2.05 bits per heavy atom. The van der Waals surface area contributed by atoms with Gasteiger partial charge in [-0.15, -0.1) is 11.3 Å². The predicted octanol–water partition coefficient (Wildman–Crippen LogP) is 4.41. The molecule has 0 radical (unpaired) electrons. The molecule has 0 unspecified atom stereocenters. The Balaban J connectivity index is 2.09. The van der Waals surface area contributed by atoms with E-state index in [0.717, 1.165) is 5.76 Å². The Morgan fingerprint density at radius 3 is 2.55 bits per heavy atom. The van der Waals surface area contributed by atoms with Crippen molar-refractivity contribution >= 4 is 23.1 Å². The average molecular weight is 292 g/mol. The summed E-state index contributed by atoms with van der Waals surface area (Å²) in [4.78, 5) is 13.3. The molecule has 2 aromatic rings. The summed E-state index contributed by atoms with van der Waals surface area (Å²) in [5.41, 5.74) is 0.544. The number of amides is 1. The van der Waals surface area contributed by atoms with Crippen molar-refractivity contribution in [2.24, 2.45) is 0 Å². The zero-order chi connectivity index (χ0) is 14.9. The van der Waals surface area contributed by atoms with Gasteiger partial charge in [-0.3, -0.25) is 4.79 Å². The monoisotopic (exact) mass is 292 g/mol. The van der Waals surface area contributed by atoms with Crippen molar-refractivity contribution in [1.82, 2.24) is 5.16 Å². The van der Waals surface area contributed by atoms with Crippen LogP contribution in [-0.2, 0) is 5.41 Å². The lowest BCUT2D eigenvalue weighted by Gasteiger charge is -2.11. The van der Waals surface area contributed by atoms with Crippen LogP contribution in [0.5, 0.6) is 0 Å². The van der Waals surface area contributed by atoms with Gasteiger partial charge in [-0.05, 0) is 12.0 Å². The van der Waals surface area contributed by atoms with Gasteiger partial charge in [-0.25, -0.2) is 0 Å². The third-order valence-electron chi connectivity index (χ3n) is 2.94. The summed E-state index contributed by atoms with van der Waals surface area (Å²) >= 11 is 1.60. The van der Waals surface area contributed by atoms with E-state index in [1.807, 2.05) is 32.2 Å². The number of hydrogen-bond donors (Lipinski definition) is 1. The number of nitrogens with one attached hydrogen (secondary N) is 1. The Morgan fingerprint density at radius 1 is 1.35 bits per heavy atom. The summed E-state index contributed by atoms with van der Waals surface area (Å²) in [6.45, 7) is 10.3. The molecule has 0 saturated heterocycles. The topological polar surface area (TPSA) is 55.1 Å². The second-order valence-corrected chi connectivity index (χ2v) is 7.12. The number of nitrogens with zero attached hydrogens (tertiary/aromatic N) is 1. The molecule has 0 aromatic carbocycles. The molecule has 0 fully saturated rings. The Hall–Kier alpha value is -1.62. The van der Waals surface area contributed by atoms with Gasteiger partial charge in [0.05, 0.1) is 5.56 Å². The lowest BCUT2D eigenvalue weighted by Crippen LogP contribution is -2.11. The first-order valence-electron chi connectivity index (χ1n) is 6.64. The van der Waals surface area contributed by atoms with Crippen LogP contribution in [-0.4, -0.2) is 11.1 Å². The molecule has 20 heavy (non-hydrogen) atoms. The van der Waals surface area contributed by atoms with Crippen LogP contribution in [0, 0.1) is 0 Å². The number of carbonyl (C=O) groups is 1. The van der Waals surface area contributed by atoms with Crippen molar-refractivity contribution < 1.29 is 9.32 Å². The van der Waals surface area contributed by atoms with Crippen molar-refractivity contribution in [3.63, 3.8) is 0 Å². The summed E-state index contributed by atoms with van der Waals surface area (Å²) in [5.74, 6) is 1.49. The van der Waals surface area contributed by atoms with Crippen molar-refractivity contribution in [3.05, 3.63) is 33.7 Å². The number of thiophene rings is 1.